The monoisotopic (exact) mass is 235 g/mol. The summed E-state index contributed by atoms with van der Waals surface area (Å²) in [5.41, 5.74) is 2.08. The predicted molar refractivity (Wildman–Crippen MR) is 69.5 cm³/mol. The fraction of sp³-hybridized carbons (Fsp3) is 0.571. The molecule has 1 fully saturated rings. The van der Waals surface area contributed by atoms with E-state index in [1.807, 2.05) is 19.1 Å². The van der Waals surface area contributed by atoms with Crippen molar-refractivity contribution in [3.63, 3.8) is 0 Å². The van der Waals surface area contributed by atoms with Crippen LogP contribution < -0.4 is 9.64 Å². The van der Waals surface area contributed by atoms with Gasteiger partial charge in [0.1, 0.15) is 5.75 Å². The zero-order chi connectivity index (χ0) is 12.3. The Kier molecular flexibility index (Phi) is 3.89. The van der Waals surface area contributed by atoms with Gasteiger partial charge < -0.3 is 14.7 Å². The highest BCUT2D eigenvalue weighted by Crippen LogP contribution is 2.30. The van der Waals surface area contributed by atoms with E-state index >= 15 is 0 Å². The molecule has 3 nitrogen and oxygen atoms in total. The standard InChI is InChI=1S/C14H21NO2/c1-3-11-8-15(9-11)13-5-6-14(17-4-2)12(7-13)10-16/h5-7,11,16H,3-4,8-10H2,1-2H3. The maximum atomic E-state index is 9.34. The second kappa shape index (κ2) is 5.41. The van der Waals surface area contributed by atoms with Gasteiger partial charge in [-0.15, -0.1) is 0 Å². The van der Waals surface area contributed by atoms with E-state index in [1.54, 1.807) is 0 Å². The smallest absolute Gasteiger partial charge is 0.124 e. The van der Waals surface area contributed by atoms with Crippen LogP contribution in [0.4, 0.5) is 5.69 Å². The van der Waals surface area contributed by atoms with Gasteiger partial charge in [-0.2, -0.15) is 0 Å². The summed E-state index contributed by atoms with van der Waals surface area (Å²) in [7, 11) is 0. The third-order valence-electron chi connectivity index (χ3n) is 3.41. The molecule has 0 aromatic heterocycles. The Morgan fingerprint density at radius 2 is 2.12 bits per heavy atom. The van der Waals surface area contributed by atoms with Gasteiger partial charge in [-0.05, 0) is 37.5 Å². The molecule has 1 N–H and O–H groups in total. The van der Waals surface area contributed by atoms with Gasteiger partial charge >= 0.3 is 0 Å². The van der Waals surface area contributed by atoms with Crippen molar-refractivity contribution in [2.75, 3.05) is 24.6 Å². The van der Waals surface area contributed by atoms with Crippen molar-refractivity contribution in [1.29, 1.82) is 0 Å². The van der Waals surface area contributed by atoms with Gasteiger partial charge in [-0.1, -0.05) is 6.92 Å². The number of hydrogen-bond donors (Lipinski definition) is 1. The van der Waals surface area contributed by atoms with Gasteiger partial charge in [0.2, 0.25) is 0 Å². The van der Waals surface area contributed by atoms with Crippen molar-refractivity contribution in [3.05, 3.63) is 23.8 Å². The van der Waals surface area contributed by atoms with E-state index in [0.717, 1.165) is 30.3 Å². The Balaban J connectivity index is 2.09. The Morgan fingerprint density at radius 3 is 2.71 bits per heavy atom. The fourth-order valence-corrected chi connectivity index (χ4v) is 2.22. The van der Waals surface area contributed by atoms with Crippen LogP contribution in [0.1, 0.15) is 25.8 Å². The average molecular weight is 235 g/mol. The normalized spacial score (nSPS) is 15.8. The molecule has 17 heavy (non-hydrogen) atoms. The fourth-order valence-electron chi connectivity index (χ4n) is 2.22. The molecule has 0 unspecified atom stereocenters. The molecular weight excluding hydrogens is 214 g/mol. The van der Waals surface area contributed by atoms with Gasteiger partial charge in [0, 0.05) is 24.3 Å². The molecule has 0 radical (unpaired) electrons. The van der Waals surface area contributed by atoms with Crippen LogP contribution in [0.5, 0.6) is 5.75 Å². The van der Waals surface area contributed by atoms with Crippen LogP contribution >= 0.6 is 0 Å². The second-order valence-corrected chi connectivity index (χ2v) is 4.56. The summed E-state index contributed by atoms with van der Waals surface area (Å²) in [5, 5.41) is 9.34. The molecule has 1 saturated heterocycles. The van der Waals surface area contributed by atoms with Crippen molar-refractivity contribution < 1.29 is 9.84 Å². The van der Waals surface area contributed by atoms with E-state index < -0.39 is 0 Å². The predicted octanol–water partition coefficient (Wildman–Crippen LogP) is 2.42. The Morgan fingerprint density at radius 1 is 1.35 bits per heavy atom. The molecule has 3 heteroatoms. The molecule has 1 aliphatic rings. The Bertz CT molecular complexity index is 372. The molecule has 1 aromatic carbocycles. The zero-order valence-corrected chi connectivity index (χ0v) is 10.6. The molecule has 1 aliphatic heterocycles. The molecule has 94 valence electrons. The lowest BCUT2D eigenvalue weighted by Crippen LogP contribution is -2.46. The summed E-state index contributed by atoms with van der Waals surface area (Å²) in [6, 6.07) is 6.08. The largest absolute Gasteiger partial charge is 0.494 e. The number of hydrogen-bond acceptors (Lipinski definition) is 3. The Labute approximate surface area is 103 Å². The lowest BCUT2D eigenvalue weighted by molar-refractivity contribution is 0.267. The molecule has 0 spiro atoms. The third-order valence-corrected chi connectivity index (χ3v) is 3.41. The van der Waals surface area contributed by atoms with Crippen LogP contribution in [0.3, 0.4) is 0 Å². The lowest BCUT2D eigenvalue weighted by atomic mass is 9.96. The van der Waals surface area contributed by atoms with E-state index in [1.165, 1.54) is 12.1 Å². The molecule has 0 aliphatic carbocycles. The molecule has 2 rings (SSSR count). The first-order chi connectivity index (χ1) is 8.28. The molecule has 0 atom stereocenters. The zero-order valence-electron chi connectivity index (χ0n) is 10.6. The van der Waals surface area contributed by atoms with Crippen LogP contribution in [-0.2, 0) is 6.61 Å². The number of benzene rings is 1. The first-order valence-electron chi connectivity index (χ1n) is 6.40. The summed E-state index contributed by atoms with van der Waals surface area (Å²) < 4.78 is 5.48. The Hall–Kier alpha value is -1.22. The van der Waals surface area contributed by atoms with Crippen LogP contribution in [0.15, 0.2) is 18.2 Å². The van der Waals surface area contributed by atoms with Gasteiger partial charge in [-0.3, -0.25) is 0 Å². The lowest BCUT2D eigenvalue weighted by Gasteiger charge is -2.41. The summed E-state index contributed by atoms with van der Waals surface area (Å²) in [5.74, 6) is 1.63. The van der Waals surface area contributed by atoms with Gasteiger partial charge in [0.05, 0.1) is 13.2 Å². The molecule has 0 bridgehead atoms. The van der Waals surface area contributed by atoms with E-state index in [0.29, 0.717) is 6.61 Å². The van der Waals surface area contributed by atoms with Crippen molar-refractivity contribution in [2.45, 2.75) is 26.9 Å². The number of anilines is 1. The number of aliphatic hydroxyl groups is 1. The van der Waals surface area contributed by atoms with Gasteiger partial charge in [-0.25, -0.2) is 0 Å². The van der Waals surface area contributed by atoms with Gasteiger partial charge in [0.25, 0.3) is 0 Å². The van der Waals surface area contributed by atoms with E-state index in [9.17, 15) is 5.11 Å². The quantitative estimate of drug-likeness (QED) is 0.850. The third kappa shape index (κ3) is 2.55. The minimum Gasteiger partial charge on any atom is -0.494 e. The summed E-state index contributed by atoms with van der Waals surface area (Å²) in [6.07, 6.45) is 1.25. The number of rotatable bonds is 5. The highest BCUT2D eigenvalue weighted by molar-refractivity contribution is 5.54. The minimum absolute atomic E-state index is 0.0359. The van der Waals surface area contributed by atoms with E-state index in [2.05, 4.69) is 17.9 Å². The van der Waals surface area contributed by atoms with Crippen LogP contribution in [-0.4, -0.2) is 24.8 Å². The topological polar surface area (TPSA) is 32.7 Å². The molecular formula is C14H21NO2. The minimum atomic E-state index is 0.0359. The SMILES string of the molecule is CCOc1ccc(N2CC(CC)C2)cc1CO. The van der Waals surface area contributed by atoms with E-state index in [-0.39, 0.29) is 6.61 Å². The van der Waals surface area contributed by atoms with Crippen molar-refractivity contribution in [3.8, 4) is 5.75 Å². The molecule has 0 saturated carbocycles. The summed E-state index contributed by atoms with van der Waals surface area (Å²) >= 11 is 0. The maximum absolute atomic E-state index is 9.34. The van der Waals surface area contributed by atoms with Crippen LogP contribution in [0.2, 0.25) is 0 Å². The number of ether oxygens (including phenoxy) is 1. The molecule has 0 amide bonds. The summed E-state index contributed by atoms with van der Waals surface area (Å²) in [6.45, 7) is 7.13. The molecule has 1 heterocycles. The van der Waals surface area contributed by atoms with Crippen molar-refractivity contribution in [1.82, 2.24) is 0 Å². The molecule has 1 aromatic rings. The summed E-state index contributed by atoms with van der Waals surface area (Å²) in [4.78, 5) is 2.35. The van der Waals surface area contributed by atoms with Crippen molar-refractivity contribution >= 4 is 5.69 Å². The van der Waals surface area contributed by atoms with E-state index in [4.69, 9.17) is 4.74 Å². The number of aliphatic hydroxyl groups excluding tert-OH is 1. The van der Waals surface area contributed by atoms with Gasteiger partial charge in [0.15, 0.2) is 0 Å². The van der Waals surface area contributed by atoms with Crippen LogP contribution in [0.25, 0.3) is 0 Å². The first kappa shape index (κ1) is 12.2. The number of nitrogens with zero attached hydrogens (tertiary/aromatic N) is 1. The second-order valence-electron chi connectivity index (χ2n) is 4.56. The highest BCUT2D eigenvalue weighted by Gasteiger charge is 2.25. The average Bonchev–Trinajstić information content (AvgIpc) is 2.29. The first-order valence-corrected chi connectivity index (χ1v) is 6.40. The highest BCUT2D eigenvalue weighted by atomic mass is 16.5. The maximum Gasteiger partial charge on any atom is 0.124 e. The van der Waals surface area contributed by atoms with Crippen molar-refractivity contribution in [2.24, 2.45) is 5.92 Å². The van der Waals surface area contributed by atoms with Crippen LogP contribution in [0, 0.1) is 5.92 Å².